The Balaban J connectivity index is 0.00000161. The zero-order valence-corrected chi connectivity index (χ0v) is 12.5. The van der Waals surface area contributed by atoms with E-state index < -0.39 is 0 Å². The molecule has 0 spiro atoms. The van der Waals surface area contributed by atoms with Gasteiger partial charge in [-0.2, -0.15) is 5.10 Å². The van der Waals surface area contributed by atoms with Crippen LogP contribution in [0.15, 0.2) is 30.5 Å². The fourth-order valence-electron chi connectivity index (χ4n) is 2.48. The number of aromatic nitrogens is 2. The number of halogens is 2. The second kappa shape index (κ2) is 7.54. The van der Waals surface area contributed by atoms with E-state index in [1.807, 2.05) is 0 Å². The fourth-order valence-corrected chi connectivity index (χ4v) is 2.48. The highest BCUT2D eigenvalue weighted by Crippen LogP contribution is 2.21. The highest BCUT2D eigenvalue weighted by atomic mass is 35.5. The lowest BCUT2D eigenvalue weighted by atomic mass is 10.1. The second-order valence-electron chi connectivity index (χ2n) is 5.04. The second-order valence-corrected chi connectivity index (χ2v) is 5.04. The maximum Gasteiger partial charge on any atom is 0.123 e. The topological polar surface area (TPSA) is 49.9 Å². The molecule has 0 radical (unpaired) electrons. The van der Waals surface area contributed by atoms with Gasteiger partial charge < -0.3 is 10.1 Å². The van der Waals surface area contributed by atoms with Crippen molar-refractivity contribution < 1.29 is 9.13 Å². The summed E-state index contributed by atoms with van der Waals surface area (Å²) in [6.45, 7) is 2.45. The molecule has 1 atom stereocenters. The lowest BCUT2D eigenvalue weighted by Crippen LogP contribution is -2.25. The van der Waals surface area contributed by atoms with Crippen LogP contribution in [0.3, 0.4) is 0 Å². The van der Waals surface area contributed by atoms with E-state index in [-0.39, 0.29) is 18.2 Å². The summed E-state index contributed by atoms with van der Waals surface area (Å²) in [4.78, 5) is 0. The summed E-state index contributed by atoms with van der Waals surface area (Å²) in [5, 5.41) is 10.4. The third-order valence-electron chi connectivity index (χ3n) is 3.56. The molecule has 0 saturated carbocycles. The smallest absolute Gasteiger partial charge is 0.123 e. The van der Waals surface area contributed by atoms with Crippen molar-refractivity contribution >= 4 is 12.4 Å². The van der Waals surface area contributed by atoms with Gasteiger partial charge in [0.2, 0.25) is 0 Å². The molecule has 6 heteroatoms. The average molecular weight is 312 g/mol. The van der Waals surface area contributed by atoms with E-state index in [9.17, 15) is 4.39 Å². The normalized spacial score (nSPS) is 17.7. The fraction of sp³-hybridized carbons (Fsp3) is 0.400. The molecule has 1 aromatic heterocycles. The Morgan fingerprint density at radius 3 is 2.86 bits per heavy atom. The summed E-state index contributed by atoms with van der Waals surface area (Å²) < 4.78 is 18.5. The first kappa shape index (κ1) is 15.9. The number of benzene rings is 1. The molecule has 2 N–H and O–H groups in total. The number of nitrogens with zero attached hydrogens (tertiary/aromatic N) is 1. The quantitative estimate of drug-likeness (QED) is 0.892. The molecule has 0 amide bonds. The largest absolute Gasteiger partial charge is 0.377 e. The molecule has 2 aromatic rings. The van der Waals surface area contributed by atoms with Gasteiger partial charge in [0.1, 0.15) is 5.82 Å². The number of aromatic amines is 1. The van der Waals surface area contributed by atoms with Crippen LogP contribution in [0.4, 0.5) is 4.39 Å². The Morgan fingerprint density at radius 1 is 1.33 bits per heavy atom. The predicted octanol–water partition coefficient (Wildman–Crippen LogP) is 2.91. The molecule has 4 nitrogen and oxygen atoms in total. The van der Waals surface area contributed by atoms with Crippen molar-refractivity contribution in [3.63, 3.8) is 0 Å². The van der Waals surface area contributed by atoms with Crippen LogP contribution in [0.1, 0.15) is 18.4 Å². The minimum absolute atomic E-state index is 0. The minimum atomic E-state index is -0.230. The van der Waals surface area contributed by atoms with Gasteiger partial charge in [0.05, 0.1) is 18.0 Å². The lowest BCUT2D eigenvalue weighted by Gasteiger charge is -2.10. The molecule has 21 heavy (non-hydrogen) atoms. The molecule has 3 rings (SSSR count). The zero-order chi connectivity index (χ0) is 13.8. The summed E-state index contributed by atoms with van der Waals surface area (Å²) >= 11 is 0. The van der Waals surface area contributed by atoms with Crippen molar-refractivity contribution in [2.75, 3.05) is 13.2 Å². The number of ether oxygens (including phenoxy) is 1. The summed E-state index contributed by atoms with van der Waals surface area (Å²) in [5.41, 5.74) is 2.96. The summed E-state index contributed by atoms with van der Waals surface area (Å²) in [6.07, 6.45) is 4.42. The van der Waals surface area contributed by atoms with E-state index in [4.69, 9.17) is 4.74 Å². The Hall–Kier alpha value is -1.43. The van der Waals surface area contributed by atoms with E-state index in [0.717, 1.165) is 49.4 Å². The van der Waals surface area contributed by atoms with Crippen LogP contribution in [0.25, 0.3) is 11.3 Å². The first-order chi connectivity index (χ1) is 9.83. The van der Waals surface area contributed by atoms with Crippen LogP contribution in [-0.4, -0.2) is 29.5 Å². The van der Waals surface area contributed by atoms with Gasteiger partial charge in [-0.15, -0.1) is 12.4 Å². The number of rotatable bonds is 5. The Labute approximate surface area is 129 Å². The van der Waals surface area contributed by atoms with Crippen LogP contribution < -0.4 is 5.32 Å². The molecule has 1 saturated heterocycles. The van der Waals surface area contributed by atoms with Gasteiger partial charge in [-0.3, -0.25) is 5.10 Å². The van der Waals surface area contributed by atoms with Crippen LogP contribution in [0, 0.1) is 5.82 Å². The molecule has 0 bridgehead atoms. The number of nitrogens with one attached hydrogen (secondary N) is 2. The maximum absolute atomic E-state index is 13.0. The summed E-state index contributed by atoms with van der Waals surface area (Å²) in [7, 11) is 0. The van der Waals surface area contributed by atoms with E-state index in [2.05, 4.69) is 15.5 Å². The van der Waals surface area contributed by atoms with Crippen molar-refractivity contribution in [1.82, 2.24) is 15.5 Å². The third-order valence-corrected chi connectivity index (χ3v) is 3.56. The first-order valence-electron chi connectivity index (χ1n) is 6.93. The molecular weight excluding hydrogens is 293 g/mol. The summed E-state index contributed by atoms with van der Waals surface area (Å²) in [5.74, 6) is -0.230. The lowest BCUT2D eigenvalue weighted by molar-refractivity contribution is 0.110. The Kier molecular flexibility index (Phi) is 5.73. The molecule has 1 aliphatic heterocycles. The van der Waals surface area contributed by atoms with Gasteiger partial charge in [-0.05, 0) is 37.1 Å². The van der Waals surface area contributed by atoms with Gasteiger partial charge in [0.15, 0.2) is 0 Å². The van der Waals surface area contributed by atoms with Crippen LogP contribution in [-0.2, 0) is 11.3 Å². The van der Waals surface area contributed by atoms with Crippen LogP contribution >= 0.6 is 12.4 Å². The molecule has 1 aromatic carbocycles. The van der Waals surface area contributed by atoms with Gasteiger partial charge in [0, 0.05) is 30.8 Å². The van der Waals surface area contributed by atoms with E-state index in [0.29, 0.717) is 6.10 Å². The van der Waals surface area contributed by atoms with Crippen molar-refractivity contribution in [2.24, 2.45) is 0 Å². The van der Waals surface area contributed by atoms with Crippen LogP contribution in [0.5, 0.6) is 0 Å². The van der Waals surface area contributed by atoms with Gasteiger partial charge in [-0.25, -0.2) is 4.39 Å². The number of H-pyrrole nitrogens is 1. The number of hydrogen-bond acceptors (Lipinski definition) is 3. The third kappa shape index (κ3) is 4.03. The van der Waals surface area contributed by atoms with Crippen molar-refractivity contribution in [2.45, 2.75) is 25.5 Å². The van der Waals surface area contributed by atoms with E-state index in [1.165, 1.54) is 12.1 Å². The van der Waals surface area contributed by atoms with Crippen LogP contribution in [0.2, 0.25) is 0 Å². The highest BCUT2D eigenvalue weighted by molar-refractivity contribution is 5.85. The zero-order valence-electron chi connectivity index (χ0n) is 11.6. The molecule has 1 fully saturated rings. The number of hydrogen-bond donors (Lipinski definition) is 2. The van der Waals surface area contributed by atoms with Gasteiger partial charge in [0.25, 0.3) is 0 Å². The Bertz CT molecular complexity index is 552. The maximum atomic E-state index is 13.0. The molecular formula is C15H19ClFN3O. The SMILES string of the molecule is Cl.Fc1ccc(-c2[nH]ncc2CNCC2CCCO2)cc1. The van der Waals surface area contributed by atoms with Crippen molar-refractivity contribution in [3.05, 3.63) is 41.8 Å². The van der Waals surface area contributed by atoms with Gasteiger partial charge >= 0.3 is 0 Å². The van der Waals surface area contributed by atoms with Crippen molar-refractivity contribution in [3.8, 4) is 11.3 Å². The van der Waals surface area contributed by atoms with Gasteiger partial charge in [-0.1, -0.05) is 0 Å². The standard InChI is InChI=1S/C15H18FN3O.ClH/c16-13-5-3-11(4-6-13)15-12(9-18-19-15)8-17-10-14-2-1-7-20-14;/h3-6,9,14,17H,1-2,7-8,10H2,(H,18,19);1H. The molecule has 114 valence electrons. The molecule has 0 aliphatic carbocycles. The van der Waals surface area contributed by atoms with E-state index in [1.54, 1.807) is 18.3 Å². The first-order valence-corrected chi connectivity index (χ1v) is 6.93. The summed E-state index contributed by atoms with van der Waals surface area (Å²) in [6, 6.07) is 6.43. The van der Waals surface area contributed by atoms with E-state index >= 15 is 0 Å². The molecule has 2 heterocycles. The molecule has 1 aliphatic rings. The molecule has 1 unspecified atom stereocenters. The minimum Gasteiger partial charge on any atom is -0.377 e. The predicted molar refractivity (Wildman–Crippen MR) is 81.9 cm³/mol. The highest BCUT2D eigenvalue weighted by Gasteiger charge is 2.15. The average Bonchev–Trinajstić information content (AvgIpc) is 3.11. The van der Waals surface area contributed by atoms with Crippen molar-refractivity contribution in [1.29, 1.82) is 0 Å². The Morgan fingerprint density at radius 2 is 2.14 bits per heavy atom. The monoisotopic (exact) mass is 311 g/mol.